The van der Waals surface area contributed by atoms with Crippen LogP contribution in [0.2, 0.25) is 0 Å². The van der Waals surface area contributed by atoms with Gasteiger partial charge in [0.05, 0.1) is 11.8 Å². The molecule has 8 rings (SSSR count). The van der Waals surface area contributed by atoms with Crippen molar-refractivity contribution in [2.75, 3.05) is 7.05 Å². The van der Waals surface area contributed by atoms with Gasteiger partial charge in [-0.05, 0) is 64.6 Å². The summed E-state index contributed by atoms with van der Waals surface area (Å²) in [5.41, 5.74) is 1.42. The van der Waals surface area contributed by atoms with Crippen LogP contribution in [0.3, 0.4) is 0 Å². The van der Waals surface area contributed by atoms with E-state index in [-0.39, 0.29) is 23.7 Å². The van der Waals surface area contributed by atoms with Gasteiger partial charge in [-0.25, -0.2) is 0 Å². The highest BCUT2D eigenvalue weighted by molar-refractivity contribution is 6.06. The first-order valence-electron chi connectivity index (χ1n) is 8.70. The SMILES string of the molecule is CN1C(=O)[C@@H]2[C@H](C1=O)[C@H]1[C@@H]3[C@H]4[C@@H]5[C@H]3[C@@]13CC(C)(C)C[C@]53[C@@H]24. The maximum absolute atomic E-state index is 12.7. The number of hydrogen-bond donors (Lipinski definition) is 0. The Kier molecular flexibility index (Phi) is 1.19. The zero-order valence-corrected chi connectivity index (χ0v) is 12.8. The minimum atomic E-state index is 0.0771. The fraction of sp³-hybridized carbons (Fsp3) is 0.889. The Bertz CT molecular complexity index is 641. The first kappa shape index (κ1) is 10.8. The Hall–Kier alpha value is -0.860. The molecule has 0 unspecified atom stereocenters. The maximum Gasteiger partial charge on any atom is 0.233 e. The number of carbonyl (C=O) groups is 2. The van der Waals surface area contributed by atoms with Crippen molar-refractivity contribution >= 4 is 11.8 Å². The third-order valence-electron chi connectivity index (χ3n) is 9.67. The van der Waals surface area contributed by atoms with Gasteiger partial charge >= 0.3 is 0 Å². The molecule has 8 aliphatic rings. The van der Waals surface area contributed by atoms with Crippen molar-refractivity contribution in [1.82, 2.24) is 4.90 Å². The second kappa shape index (κ2) is 2.32. The topological polar surface area (TPSA) is 37.4 Å². The Morgan fingerprint density at radius 3 is 1.71 bits per heavy atom. The monoisotopic (exact) mass is 283 g/mol. The van der Waals surface area contributed by atoms with Crippen LogP contribution in [0, 0.1) is 63.6 Å². The largest absolute Gasteiger partial charge is 0.285 e. The summed E-state index contributed by atoms with van der Waals surface area (Å²) in [7, 11) is 1.72. The number of hydrogen-bond acceptors (Lipinski definition) is 2. The molecular formula is C18H21NO2. The van der Waals surface area contributed by atoms with E-state index in [1.54, 1.807) is 7.05 Å². The Labute approximate surface area is 124 Å². The zero-order valence-electron chi connectivity index (χ0n) is 12.8. The van der Waals surface area contributed by atoms with Crippen molar-refractivity contribution < 1.29 is 9.59 Å². The minimum absolute atomic E-state index is 0.0771. The molecule has 2 amide bonds. The summed E-state index contributed by atoms with van der Waals surface area (Å²) in [5, 5.41) is 0. The van der Waals surface area contributed by atoms with Crippen LogP contribution in [-0.4, -0.2) is 23.8 Å². The molecule has 0 radical (unpaired) electrons. The molecule has 0 aromatic rings. The lowest BCUT2D eigenvalue weighted by atomic mass is 9.01. The van der Waals surface area contributed by atoms with E-state index in [9.17, 15) is 9.59 Å². The third-order valence-corrected chi connectivity index (χ3v) is 9.67. The lowest BCUT2D eigenvalue weighted by Gasteiger charge is -3.02. The lowest BCUT2D eigenvalue weighted by molar-refractivity contribution is -0.563. The van der Waals surface area contributed by atoms with E-state index in [4.69, 9.17) is 0 Å². The molecule has 0 N–H and O–H groups in total. The van der Waals surface area contributed by atoms with Crippen molar-refractivity contribution in [2.45, 2.75) is 26.7 Å². The van der Waals surface area contributed by atoms with Crippen LogP contribution in [0.5, 0.6) is 0 Å². The van der Waals surface area contributed by atoms with Gasteiger partial charge in [0.2, 0.25) is 11.8 Å². The molecule has 7 saturated carbocycles. The van der Waals surface area contributed by atoms with Crippen LogP contribution >= 0.6 is 0 Å². The van der Waals surface area contributed by atoms with E-state index in [1.165, 1.54) is 17.7 Å². The quantitative estimate of drug-likeness (QED) is 0.635. The molecule has 3 nitrogen and oxygen atoms in total. The van der Waals surface area contributed by atoms with Crippen LogP contribution in [0.4, 0.5) is 0 Å². The van der Waals surface area contributed by atoms with Crippen molar-refractivity contribution in [1.29, 1.82) is 0 Å². The van der Waals surface area contributed by atoms with Gasteiger partial charge in [0.25, 0.3) is 0 Å². The molecule has 10 atom stereocenters. The fourth-order valence-electron chi connectivity index (χ4n) is 10.3. The van der Waals surface area contributed by atoms with E-state index in [2.05, 4.69) is 13.8 Å². The molecule has 110 valence electrons. The molecule has 1 saturated heterocycles. The number of carbonyl (C=O) groups excluding carboxylic acids is 2. The van der Waals surface area contributed by atoms with Crippen molar-refractivity contribution in [3.63, 3.8) is 0 Å². The van der Waals surface area contributed by atoms with E-state index < -0.39 is 0 Å². The number of rotatable bonds is 0. The summed E-state index contributed by atoms with van der Waals surface area (Å²) in [6, 6.07) is 0. The summed E-state index contributed by atoms with van der Waals surface area (Å²) in [4.78, 5) is 26.9. The first-order valence-corrected chi connectivity index (χ1v) is 8.70. The van der Waals surface area contributed by atoms with Crippen molar-refractivity contribution in [3.05, 3.63) is 0 Å². The van der Waals surface area contributed by atoms with E-state index in [1.807, 2.05) is 0 Å². The Morgan fingerprint density at radius 2 is 1.29 bits per heavy atom. The van der Waals surface area contributed by atoms with Crippen molar-refractivity contribution in [2.24, 2.45) is 63.6 Å². The molecule has 2 bridgehead atoms. The predicted octanol–water partition coefficient (Wildman–Crippen LogP) is 1.78. The van der Waals surface area contributed by atoms with Gasteiger partial charge in [-0.1, -0.05) is 13.8 Å². The van der Waals surface area contributed by atoms with Gasteiger partial charge < -0.3 is 0 Å². The summed E-state index contributed by atoms with van der Waals surface area (Å²) in [5.74, 6) is 5.23. The number of amides is 2. The highest BCUT2D eigenvalue weighted by Crippen LogP contribution is 3.07. The average Bonchev–Trinajstić information content (AvgIpc) is 2.76. The summed E-state index contributed by atoms with van der Waals surface area (Å²) in [6.45, 7) is 4.86. The smallest absolute Gasteiger partial charge is 0.233 e. The van der Waals surface area contributed by atoms with Crippen LogP contribution in [0.1, 0.15) is 26.7 Å². The van der Waals surface area contributed by atoms with E-state index in [0.717, 1.165) is 23.7 Å². The molecule has 1 heterocycles. The van der Waals surface area contributed by atoms with Gasteiger partial charge in [0.1, 0.15) is 0 Å². The second-order valence-corrected chi connectivity index (χ2v) is 10.1. The maximum atomic E-state index is 12.7. The number of nitrogens with zero attached hydrogens (tertiary/aromatic N) is 1. The molecule has 3 heteroatoms. The van der Waals surface area contributed by atoms with Crippen LogP contribution in [0.15, 0.2) is 0 Å². The second-order valence-electron chi connectivity index (χ2n) is 10.1. The fourth-order valence-corrected chi connectivity index (χ4v) is 10.3. The summed E-state index contributed by atoms with van der Waals surface area (Å²) < 4.78 is 0. The molecule has 21 heavy (non-hydrogen) atoms. The van der Waals surface area contributed by atoms with Crippen LogP contribution < -0.4 is 0 Å². The molecule has 0 aromatic heterocycles. The summed E-state index contributed by atoms with van der Waals surface area (Å²) in [6.07, 6.45) is 2.67. The Balaban J connectivity index is 1.49. The van der Waals surface area contributed by atoms with Gasteiger partial charge in [-0.2, -0.15) is 0 Å². The van der Waals surface area contributed by atoms with Crippen molar-refractivity contribution in [3.8, 4) is 0 Å². The number of imide groups is 1. The zero-order chi connectivity index (χ0) is 14.3. The van der Waals surface area contributed by atoms with E-state index >= 15 is 0 Å². The van der Waals surface area contributed by atoms with Gasteiger partial charge in [0, 0.05) is 7.05 Å². The third kappa shape index (κ3) is 0.608. The van der Waals surface area contributed by atoms with Crippen LogP contribution in [0.25, 0.3) is 0 Å². The molecular weight excluding hydrogens is 262 g/mol. The van der Waals surface area contributed by atoms with E-state index in [0.29, 0.717) is 28.1 Å². The van der Waals surface area contributed by atoms with Crippen LogP contribution in [-0.2, 0) is 9.59 Å². The predicted molar refractivity (Wildman–Crippen MR) is 73.6 cm³/mol. The average molecular weight is 283 g/mol. The normalized spacial score (nSPS) is 72.0. The standard InChI is InChI=1S/C18H21NO2/c1-16(2)4-17-10-6-7-11(18(17,5-16)13(7)12(6)17)9-8(10)14(20)19(3)15(9)21/h6-13H,4-5H2,1-3H3/t6-,7+,8-,9+,10-,11-,12-,13+,17+,18-/m1/s1. The summed E-state index contributed by atoms with van der Waals surface area (Å²) >= 11 is 0. The van der Waals surface area contributed by atoms with Gasteiger partial charge in [-0.15, -0.1) is 0 Å². The first-order chi connectivity index (χ1) is 9.88. The lowest BCUT2D eigenvalue weighted by Crippen LogP contribution is -3.00. The Morgan fingerprint density at radius 1 is 0.857 bits per heavy atom. The molecule has 2 spiro atoms. The highest BCUT2D eigenvalue weighted by Gasteiger charge is 3.05. The van der Waals surface area contributed by atoms with Gasteiger partial charge in [0.15, 0.2) is 0 Å². The molecule has 1 aliphatic heterocycles. The molecule has 8 fully saturated rings. The molecule has 0 aromatic carbocycles. The molecule has 7 aliphatic carbocycles. The van der Waals surface area contributed by atoms with Gasteiger partial charge in [-0.3, -0.25) is 14.5 Å². The minimum Gasteiger partial charge on any atom is -0.285 e. The highest BCUT2D eigenvalue weighted by atomic mass is 16.2. The number of likely N-dealkylation sites (tertiary alicyclic amines) is 1.